The summed E-state index contributed by atoms with van der Waals surface area (Å²) in [4.78, 5) is 25.4. The van der Waals surface area contributed by atoms with E-state index < -0.39 is 5.97 Å². The van der Waals surface area contributed by atoms with E-state index in [1.807, 2.05) is 19.1 Å². The largest absolute Gasteiger partial charge is 0.492 e. The van der Waals surface area contributed by atoms with Gasteiger partial charge in [-0.15, -0.1) is 0 Å². The number of thiocarbonyl (C=S) groups is 1. The third-order valence-electron chi connectivity index (χ3n) is 3.98. The average molecular weight is 488 g/mol. The van der Waals surface area contributed by atoms with Crippen LogP contribution in [0.4, 0.5) is 0 Å². The number of ether oxygens (including phenoxy) is 2. The van der Waals surface area contributed by atoms with Gasteiger partial charge in [0.1, 0.15) is 4.32 Å². The van der Waals surface area contributed by atoms with Gasteiger partial charge in [-0.3, -0.25) is 14.5 Å². The maximum atomic E-state index is 12.7. The molecule has 1 saturated heterocycles. The highest BCUT2D eigenvalue weighted by molar-refractivity contribution is 9.10. The van der Waals surface area contributed by atoms with Gasteiger partial charge in [0.2, 0.25) is 0 Å². The third-order valence-corrected chi connectivity index (χ3v) is 5.95. The zero-order valence-electron chi connectivity index (χ0n) is 15.7. The van der Waals surface area contributed by atoms with Crippen LogP contribution in [-0.2, 0) is 9.59 Å². The summed E-state index contributed by atoms with van der Waals surface area (Å²) in [6.45, 7) is 2.88. The average Bonchev–Trinajstić information content (AvgIpc) is 2.88. The van der Waals surface area contributed by atoms with Crippen molar-refractivity contribution in [1.82, 2.24) is 4.90 Å². The van der Waals surface area contributed by atoms with Crippen LogP contribution < -0.4 is 9.47 Å². The summed E-state index contributed by atoms with van der Waals surface area (Å²) in [5.74, 6) is 0.274. The van der Waals surface area contributed by atoms with Crippen molar-refractivity contribution in [3.05, 3.63) is 27.1 Å². The van der Waals surface area contributed by atoms with Crippen LogP contribution in [0.1, 0.15) is 38.2 Å². The molecule has 9 heteroatoms. The SMILES string of the molecule is CCOc1cc(/C=C2\SC(=S)N(CCCCCC(=O)O)C2=O)cc(Br)c1OC. The number of hydrogen-bond donors (Lipinski definition) is 1. The molecule has 0 radical (unpaired) electrons. The number of nitrogens with zero attached hydrogens (tertiary/aromatic N) is 1. The van der Waals surface area contributed by atoms with Crippen LogP contribution in [0, 0.1) is 0 Å². The third kappa shape index (κ3) is 5.96. The molecule has 0 aromatic heterocycles. The molecule has 0 saturated carbocycles. The molecule has 0 bridgehead atoms. The predicted octanol–water partition coefficient (Wildman–Crippen LogP) is 4.70. The number of unbranched alkanes of at least 4 members (excludes halogenated alkanes) is 2. The highest BCUT2D eigenvalue weighted by Crippen LogP contribution is 2.39. The number of carboxylic acids is 1. The van der Waals surface area contributed by atoms with Crippen LogP contribution in [0.3, 0.4) is 0 Å². The molecular formula is C19H22BrNO5S2. The molecule has 1 aromatic carbocycles. The lowest BCUT2D eigenvalue weighted by Gasteiger charge is -2.14. The molecule has 1 amide bonds. The van der Waals surface area contributed by atoms with E-state index in [9.17, 15) is 9.59 Å². The van der Waals surface area contributed by atoms with E-state index in [-0.39, 0.29) is 12.3 Å². The lowest BCUT2D eigenvalue weighted by atomic mass is 10.1. The summed E-state index contributed by atoms with van der Waals surface area (Å²) in [6, 6.07) is 3.69. The van der Waals surface area contributed by atoms with E-state index in [1.54, 1.807) is 18.1 Å². The zero-order valence-corrected chi connectivity index (χ0v) is 18.9. The normalized spacial score (nSPS) is 15.4. The second-order valence-electron chi connectivity index (χ2n) is 6.00. The van der Waals surface area contributed by atoms with Gasteiger partial charge in [-0.05, 0) is 59.5 Å². The Balaban J connectivity index is 2.09. The summed E-state index contributed by atoms with van der Waals surface area (Å²) in [7, 11) is 1.57. The van der Waals surface area contributed by atoms with Crippen molar-refractivity contribution < 1.29 is 24.2 Å². The molecule has 0 aliphatic carbocycles. The molecule has 0 atom stereocenters. The Labute approximate surface area is 182 Å². The van der Waals surface area contributed by atoms with Crippen LogP contribution in [0.15, 0.2) is 21.5 Å². The Bertz CT molecular complexity index is 797. The smallest absolute Gasteiger partial charge is 0.303 e. The number of carbonyl (C=O) groups excluding carboxylic acids is 1. The molecule has 0 unspecified atom stereocenters. The van der Waals surface area contributed by atoms with Crippen molar-refractivity contribution >= 4 is 62.2 Å². The van der Waals surface area contributed by atoms with E-state index in [0.29, 0.717) is 40.3 Å². The first-order valence-electron chi connectivity index (χ1n) is 8.84. The van der Waals surface area contributed by atoms with Gasteiger partial charge in [-0.25, -0.2) is 0 Å². The summed E-state index contributed by atoms with van der Waals surface area (Å²) < 4.78 is 12.2. The first-order chi connectivity index (χ1) is 13.4. The summed E-state index contributed by atoms with van der Waals surface area (Å²) in [5.41, 5.74) is 0.804. The number of carbonyl (C=O) groups is 2. The molecule has 6 nitrogen and oxygen atoms in total. The van der Waals surface area contributed by atoms with Gasteiger partial charge >= 0.3 is 5.97 Å². The van der Waals surface area contributed by atoms with Gasteiger partial charge < -0.3 is 14.6 Å². The lowest BCUT2D eigenvalue weighted by molar-refractivity contribution is -0.137. The number of methoxy groups -OCH3 is 1. The van der Waals surface area contributed by atoms with Crippen molar-refractivity contribution in [1.29, 1.82) is 0 Å². The summed E-state index contributed by atoms with van der Waals surface area (Å²) >= 11 is 10.1. The number of halogens is 1. The number of amides is 1. The fourth-order valence-corrected chi connectivity index (χ4v) is 4.63. The van der Waals surface area contributed by atoms with Crippen LogP contribution in [0.25, 0.3) is 6.08 Å². The van der Waals surface area contributed by atoms with Gasteiger partial charge in [0, 0.05) is 13.0 Å². The quantitative estimate of drug-likeness (QED) is 0.291. The van der Waals surface area contributed by atoms with Crippen molar-refractivity contribution in [2.45, 2.75) is 32.6 Å². The number of benzene rings is 1. The second-order valence-corrected chi connectivity index (χ2v) is 8.53. The topological polar surface area (TPSA) is 76.1 Å². The molecule has 2 rings (SSSR count). The maximum Gasteiger partial charge on any atom is 0.303 e. The van der Waals surface area contributed by atoms with Crippen LogP contribution in [0.5, 0.6) is 11.5 Å². The summed E-state index contributed by atoms with van der Waals surface area (Å²) in [6.07, 6.45) is 3.99. The molecule has 1 N–H and O–H groups in total. The maximum absolute atomic E-state index is 12.7. The number of hydrogen-bond acceptors (Lipinski definition) is 6. The molecule has 1 aliphatic heterocycles. The standard InChI is InChI=1S/C19H22BrNO5S2/c1-3-26-14-10-12(9-13(20)17(14)25-2)11-15-18(24)21(19(27)28-15)8-6-4-5-7-16(22)23/h9-11H,3-8H2,1-2H3,(H,22,23)/b15-11-. The van der Waals surface area contributed by atoms with Gasteiger partial charge in [0.05, 0.1) is 23.1 Å². The van der Waals surface area contributed by atoms with E-state index in [0.717, 1.165) is 22.9 Å². The Morgan fingerprint density at radius 1 is 1.36 bits per heavy atom. The second kappa shape index (κ2) is 10.8. The molecule has 1 fully saturated rings. The monoisotopic (exact) mass is 487 g/mol. The van der Waals surface area contributed by atoms with E-state index >= 15 is 0 Å². The molecule has 28 heavy (non-hydrogen) atoms. The lowest BCUT2D eigenvalue weighted by Crippen LogP contribution is -2.29. The first kappa shape index (κ1) is 22.7. The molecule has 1 aromatic rings. The molecular weight excluding hydrogens is 466 g/mol. The van der Waals surface area contributed by atoms with Crippen molar-refractivity contribution in [3.63, 3.8) is 0 Å². The van der Waals surface area contributed by atoms with Crippen molar-refractivity contribution in [3.8, 4) is 11.5 Å². The highest BCUT2D eigenvalue weighted by Gasteiger charge is 2.31. The van der Waals surface area contributed by atoms with Gasteiger partial charge in [-0.2, -0.15) is 0 Å². The van der Waals surface area contributed by atoms with Crippen LogP contribution in [-0.4, -0.2) is 46.5 Å². The molecule has 0 spiro atoms. The van der Waals surface area contributed by atoms with Crippen molar-refractivity contribution in [2.24, 2.45) is 0 Å². The minimum Gasteiger partial charge on any atom is -0.492 e. The molecule has 152 valence electrons. The molecule has 1 aliphatic rings. The fraction of sp³-hybridized carbons (Fsp3) is 0.421. The minimum atomic E-state index is -0.800. The first-order valence-corrected chi connectivity index (χ1v) is 10.9. The van der Waals surface area contributed by atoms with Gasteiger partial charge in [0.25, 0.3) is 5.91 Å². The summed E-state index contributed by atoms with van der Waals surface area (Å²) in [5, 5.41) is 8.67. The number of aliphatic carboxylic acids is 1. The van der Waals surface area contributed by atoms with Crippen LogP contribution >= 0.6 is 39.9 Å². The number of rotatable bonds is 10. The minimum absolute atomic E-state index is 0.127. The van der Waals surface area contributed by atoms with Gasteiger partial charge in [-0.1, -0.05) is 30.4 Å². The Morgan fingerprint density at radius 3 is 2.75 bits per heavy atom. The van der Waals surface area contributed by atoms with Gasteiger partial charge in [0.15, 0.2) is 11.5 Å². The molecule has 1 heterocycles. The Hall–Kier alpha value is -1.58. The van der Waals surface area contributed by atoms with Crippen molar-refractivity contribution in [2.75, 3.05) is 20.3 Å². The zero-order chi connectivity index (χ0) is 20.7. The van der Waals surface area contributed by atoms with E-state index in [1.165, 1.54) is 11.8 Å². The number of thioether (sulfide) groups is 1. The fourth-order valence-electron chi connectivity index (χ4n) is 2.70. The van der Waals surface area contributed by atoms with E-state index in [2.05, 4.69) is 15.9 Å². The van der Waals surface area contributed by atoms with Crippen LogP contribution in [0.2, 0.25) is 0 Å². The van der Waals surface area contributed by atoms with E-state index in [4.69, 9.17) is 26.8 Å². The highest BCUT2D eigenvalue weighted by atomic mass is 79.9. The predicted molar refractivity (Wildman–Crippen MR) is 118 cm³/mol. The Kier molecular flexibility index (Phi) is 8.78. The Morgan fingerprint density at radius 2 is 2.11 bits per heavy atom. The number of carboxylic acid groups (broad SMARTS) is 1.